The number of hydrogen-bond donors (Lipinski definition) is 1. The number of rotatable bonds is 7. The fourth-order valence-electron chi connectivity index (χ4n) is 4.09. The van der Waals surface area contributed by atoms with Gasteiger partial charge >= 0.3 is 0 Å². The van der Waals surface area contributed by atoms with Crippen molar-refractivity contribution < 1.29 is 14.5 Å². The molecule has 1 aliphatic rings. The smallest absolute Gasteiger partial charge is 0.296 e. The van der Waals surface area contributed by atoms with Crippen molar-refractivity contribution in [1.82, 2.24) is 9.55 Å². The summed E-state index contributed by atoms with van der Waals surface area (Å²) in [6.07, 6.45) is 3.94. The molecule has 1 amide bonds. The van der Waals surface area contributed by atoms with Crippen molar-refractivity contribution in [3.8, 4) is 5.75 Å². The molecule has 2 aromatic heterocycles. The van der Waals surface area contributed by atoms with Crippen LogP contribution in [0, 0.1) is 24.0 Å². The van der Waals surface area contributed by atoms with Gasteiger partial charge in [-0.3, -0.25) is 24.3 Å². The number of amides is 1. The van der Waals surface area contributed by atoms with Crippen LogP contribution >= 0.6 is 23.1 Å². The molecule has 0 spiro atoms. The third-order valence-corrected chi connectivity index (χ3v) is 7.95. The van der Waals surface area contributed by atoms with Gasteiger partial charge in [-0.15, -0.1) is 11.3 Å². The fourth-order valence-corrected chi connectivity index (χ4v) is 6.02. The van der Waals surface area contributed by atoms with Gasteiger partial charge in [0.15, 0.2) is 5.16 Å². The number of fused-ring (bicyclic) bond motifs is 1. The lowest BCUT2D eigenvalue weighted by Crippen LogP contribution is -2.27. The van der Waals surface area contributed by atoms with Crippen LogP contribution in [0.25, 0.3) is 10.2 Å². The molecule has 2 heterocycles. The molecular weight excluding hydrogens is 464 g/mol. The molecule has 4 rings (SSSR count). The predicted molar refractivity (Wildman–Crippen MR) is 130 cm³/mol. The SMILES string of the molecule is COc1ccc(NC(=O)CSc2nc3sc(C)c(C)c3c(=O)n2C2CCCC2)c([N+](=O)[O-])c1. The zero-order valence-corrected chi connectivity index (χ0v) is 20.2. The molecule has 0 unspecified atom stereocenters. The van der Waals surface area contributed by atoms with Gasteiger partial charge < -0.3 is 10.1 Å². The van der Waals surface area contributed by atoms with E-state index in [1.807, 2.05) is 13.8 Å². The van der Waals surface area contributed by atoms with Gasteiger partial charge in [0.1, 0.15) is 16.3 Å². The molecule has 0 aliphatic heterocycles. The van der Waals surface area contributed by atoms with Crippen LogP contribution in [0.4, 0.5) is 11.4 Å². The van der Waals surface area contributed by atoms with Crippen LogP contribution in [0.15, 0.2) is 28.2 Å². The number of nitrogens with zero attached hydrogens (tertiary/aromatic N) is 3. The summed E-state index contributed by atoms with van der Waals surface area (Å²) in [5.41, 5.74) is 0.745. The van der Waals surface area contributed by atoms with Crippen molar-refractivity contribution in [3.63, 3.8) is 0 Å². The summed E-state index contributed by atoms with van der Waals surface area (Å²) in [4.78, 5) is 43.4. The second kappa shape index (κ2) is 9.52. The number of aryl methyl sites for hydroxylation is 2. The third kappa shape index (κ3) is 4.60. The van der Waals surface area contributed by atoms with E-state index >= 15 is 0 Å². The van der Waals surface area contributed by atoms with Gasteiger partial charge in [0, 0.05) is 10.9 Å². The Bertz CT molecular complexity index is 1290. The van der Waals surface area contributed by atoms with E-state index in [4.69, 9.17) is 9.72 Å². The van der Waals surface area contributed by atoms with Crippen molar-refractivity contribution in [2.24, 2.45) is 0 Å². The minimum Gasteiger partial charge on any atom is -0.496 e. The molecule has 1 saturated carbocycles. The highest BCUT2D eigenvalue weighted by Crippen LogP contribution is 2.35. The zero-order chi connectivity index (χ0) is 23.7. The summed E-state index contributed by atoms with van der Waals surface area (Å²) in [5.74, 6) is -0.121. The quantitative estimate of drug-likeness (QED) is 0.219. The molecule has 33 heavy (non-hydrogen) atoms. The lowest BCUT2D eigenvalue weighted by molar-refractivity contribution is -0.384. The Morgan fingerprint density at radius 3 is 2.76 bits per heavy atom. The average molecular weight is 489 g/mol. The zero-order valence-electron chi connectivity index (χ0n) is 18.5. The maximum Gasteiger partial charge on any atom is 0.296 e. The first-order valence-electron chi connectivity index (χ1n) is 10.6. The number of aromatic nitrogens is 2. The van der Waals surface area contributed by atoms with Gasteiger partial charge in [-0.1, -0.05) is 24.6 Å². The van der Waals surface area contributed by atoms with E-state index in [0.29, 0.717) is 21.1 Å². The largest absolute Gasteiger partial charge is 0.496 e. The molecule has 1 N–H and O–H groups in total. The van der Waals surface area contributed by atoms with Crippen LogP contribution in [0.5, 0.6) is 5.75 Å². The van der Waals surface area contributed by atoms with Gasteiger partial charge in [-0.05, 0) is 44.4 Å². The molecule has 9 nitrogen and oxygen atoms in total. The molecule has 174 valence electrons. The number of nitro benzene ring substituents is 1. The van der Waals surface area contributed by atoms with E-state index in [0.717, 1.165) is 36.1 Å². The maximum absolute atomic E-state index is 13.4. The number of nitrogens with one attached hydrogen (secondary N) is 1. The van der Waals surface area contributed by atoms with Crippen LogP contribution in [-0.2, 0) is 4.79 Å². The Hall–Kier alpha value is -2.92. The highest BCUT2D eigenvalue weighted by atomic mass is 32.2. The van der Waals surface area contributed by atoms with Crippen molar-refractivity contribution in [2.75, 3.05) is 18.2 Å². The second-order valence-corrected chi connectivity index (χ2v) is 10.1. The molecule has 0 radical (unpaired) electrons. The first-order chi connectivity index (χ1) is 15.8. The highest BCUT2D eigenvalue weighted by molar-refractivity contribution is 7.99. The number of ether oxygens (including phenoxy) is 1. The maximum atomic E-state index is 13.4. The summed E-state index contributed by atoms with van der Waals surface area (Å²) < 4.78 is 6.78. The summed E-state index contributed by atoms with van der Waals surface area (Å²) >= 11 is 2.66. The van der Waals surface area contributed by atoms with Crippen LogP contribution in [0.1, 0.15) is 42.2 Å². The van der Waals surface area contributed by atoms with Crippen LogP contribution in [0.3, 0.4) is 0 Å². The van der Waals surface area contributed by atoms with Crippen LogP contribution in [0.2, 0.25) is 0 Å². The predicted octanol–water partition coefficient (Wildman–Crippen LogP) is 4.84. The minimum absolute atomic E-state index is 0.0306. The lowest BCUT2D eigenvalue weighted by atomic mass is 10.2. The van der Waals surface area contributed by atoms with Crippen LogP contribution < -0.4 is 15.6 Å². The van der Waals surface area contributed by atoms with E-state index in [-0.39, 0.29) is 28.7 Å². The molecule has 1 aliphatic carbocycles. The second-order valence-electron chi connectivity index (χ2n) is 7.95. The number of carbonyl (C=O) groups is 1. The molecular formula is C22H24N4O5S2. The number of hydrogen-bond acceptors (Lipinski definition) is 8. The summed E-state index contributed by atoms with van der Waals surface area (Å²) in [5, 5.41) is 15.2. The number of nitro groups is 1. The molecule has 3 aromatic rings. The van der Waals surface area contributed by atoms with Crippen molar-refractivity contribution in [1.29, 1.82) is 0 Å². The molecule has 0 saturated heterocycles. The minimum atomic E-state index is -0.569. The van der Waals surface area contributed by atoms with Crippen molar-refractivity contribution in [3.05, 3.63) is 49.1 Å². The number of thioether (sulfide) groups is 1. The van der Waals surface area contributed by atoms with Crippen LogP contribution in [-0.4, -0.2) is 33.2 Å². The molecule has 11 heteroatoms. The first kappa shape index (κ1) is 23.2. The van der Waals surface area contributed by atoms with E-state index in [2.05, 4.69) is 5.32 Å². The standard InChI is InChI=1S/C22H24N4O5S2/c1-12-13(2)33-20-19(12)21(28)25(14-6-4-5-7-14)22(24-20)32-11-18(27)23-16-9-8-15(31-3)10-17(16)26(29)30/h8-10,14H,4-7,11H2,1-3H3,(H,23,27). The normalized spacial score (nSPS) is 14.0. The van der Waals surface area contributed by atoms with Crippen molar-refractivity contribution in [2.45, 2.75) is 50.7 Å². The topological polar surface area (TPSA) is 116 Å². The van der Waals surface area contributed by atoms with Gasteiger partial charge in [-0.25, -0.2) is 4.98 Å². The Balaban J connectivity index is 1.61. The van der Waals surface area contributed by atoms with E-state index in [1.165, 1.54) is 42.3 Å². The Morgan fingerprint density at radius 1 is 1.36 bits per heavy atom. The van der Waals surface area contributed by atoms with E-state index in [9.17, 15) is 19.7 Å². The Labute approximate surface area is 198 Å². The van der Waals surface area contributed by atoms with Gasteiger partial charge in [0.05, 0.1) is 29.2 Å². The Kier molecular flexibility index (Phi) is 6.71. The first-order valence-corrected chi connectivity index (χ1v) is 12.4. The summed E-state index contributed by atoms with van der Waals surface area (Å²) in [7, 11) is 1.41. The lowest BCUT2D eigenvalue weighted by Gasteiger charge is -2.18. The Morgan fingerprint density at radius 2 is 2.09 bits per heavy atom. The van der Waals surface area contributed by atoms with Gasteiger partial charge in [-0.2, -0.15) is 0 Å². The fraction of sp³-hybridized carbons (Fsp3) is 0.409. The van der Waals surface area contributed by atoms with Gasteiger partial charge in [0.25, 0.3) is 11.2 Å². The monoisotopic (exact) mass is 488 g/mol. The number of thiophene rings is 1. The average Bonchev–Trinajstić information content (AvgIpc) is 3.40. The number of methoxy groups -OCH3 is 1. The summed E-state index contributed by atoms with van der Waals surface area (Å²) in [6.45, 7) is 3.92. The van der Waals surface area contributed by atoms with Gasteiger partial charge in [0.2, 0.25) is 5.91 Å². The molecule has 1 aromatic carbocycles. The third-order valence-electron chi connectivity index (χ3n) is 5.90. The number of benzene rings is 1. The molecule has 0 atom stereocenters. The number of anilines is 1. The highest BCUT2D eigenvalue weighted by Gasteiger charge is 2.25. The van der Waals surface area contributed by atoms with E-state index < -0.39 is 10.8 Å². The number of carbonyl (C=O) groups excluding carboxylic acids is 1. The van der Waals surface area contributed by atoms with Crippen molar-refractivity contribution >= 4 is 50.6 Å². The van der Waals surface area contributed by atoms with E-state index in [1.54, 1.807) is 10.6 Å². The molecule has 1 fully saturated rings. The molecule has 0 bridgehead atoms. The summed E-state index contributed by atoms with van der Waals surface area (Å²) in [6, 6.07) is 4.32.